The zero-order chi connectivity index (χ0) is 19.2. The third-order valence-electron chi connectivity index (χ3n) is 5.08. The number of rotatable bonds is 7. The summed E-state index contributed by atoms with van der Waals surface area (Å²) in [4.78, 5) is 0. The highest BCUT2D eigenvalue weighted by Crippen LogP contribution is 2.30. The number of hydrogen-bond donors (Lipinski definition) is 0. The quantitative estimate of drug-likeness (QED) is 0.299. The molecule has 0 fully saturated rings. The Morgan fingerprint density at radius 3 is 2.19 bits per heavy atom. The molecule has 0 heterocycles. The van der Waals surface area contributed by atoms with Crippen LogP contribution >= 0.6 is 0 Å². The Morgan fingerprint density at radius 1 is 0.926 bits per heavy atom. The van der Waals surface area contributed by atoms with Crippen molar-refractivity contribution in [2.75, 3.05) is 0 Å². The number of unbranched alkanes of at least 4 members (excludes halogenated alkanes) is 1. The third-order valence-corrected chi connectivity index (χ3v) is 5.08. The summed E-state index contributed by atoms with van der Waals surface area (Å²) in [5, 5.41) is 0. The molecule has 0 spiro atoms. The summed E-state index contributed by atoms with van der Waals surface area (Å²) in [5.74, 6) is 0.290. The van der Waals surface area contributed by atoms with Crippen molar-refractivity contribution in [3.05, 3.63) is 103 Å². The van der Waals surface area contributed by atoms with Crippen LogP contribution in [-0.4, -0.2) is 0 Å². The molecule has 0 saturated carbocycles. The molecule has 136 valence electrons. The minimum absolute atomic E-state index is 0.186. The van der Waals surface area contributed by atoms with Gasteiger partial charge in [-0.1, -0.05) is 73.2 Å². The van der Waals surface area contributed by atoms with Crippen LogP contribution in [0.25, 0.3) is 22.3 Å². The first-order valence-electron chi connectivity index (χ1n) is 9.49. The highest BCUT2D eigenvalue weighted by molar-refractivity contribution is 5.71. The van der Waals surface area contributed by atoms with E-state index in [1.165, 1.54) is 11.1 Å². The molecule has 1 heteroatoms. The van der Waals surface area contributed by atoms with Gasteiger partial charge in [0.05, 0.1) is 6.08 Å². The number of allylic oxidation sites excluding steroid dienone is 1. The largest absolute Gasteiger partial charge is 0.206 e. The molecule has 0 N–H and O–H groups in total. The van der Waals surface area contributed by atoms with E-state index in [-0.39, 0.29) is 5.82 Å². The molecular formula is C26H26F+. The first kappa shape index (κ1) is 19.0. The van der Waals surface area contributed by atoms with Gasteiger partial charge >= 0.3 is 0 Å². The summed E-state index contributed by atoms with van der Waals surface area (Å²) in [6, 6.07) is 21.9. The molecule has 0 saturated heterocycles. The maximum atomic E-state index is 14.8. The van der Waals surface area contributed by atoms with Crippen LogP contribution in [-0.2, 0) is 0 Å². The Hall–Kier alpha value is -2.80. The molecule has 3 rings (SSSR count). The van der Waals surface area contributed by atoms with Crippen molar-refractivity contribution >= 4 is 0 Å². The second-order valence-electron chi connectivity index (χ2n) is 7.13. The van der Waals surface area contributed by atoms with Gasteiger partial charge in [-0.25, -0.2) is 4.39 Å². The molecule has 0 aromatic heterocycles. The van der Waals surface area contributed by atoms with E-state index >= 15 is 0 Å². The van der Waals surface area contributed by atoms with Gasteiger partial charge in [0.2, 0.25) is 0 Å². The topological polar surface area (TPSA) is 0 Å². The van der Waals surface area contributed by atoms with Crippen LogP contribution in [0.2, 0.25) is 0 Å². The number of halogens is 1. The predicted octanol–water partition coefficient (Wildman–Crippen LogP) is 7.74. The minimum Gasteiger partial charge on any atom is -0.206 e. The molecule has 27 heavy (non-hydrogen) atoms. The average molecular weight is 357 g/mol. The zero-order valence-corrected chi connectivity index (χ0v) is 16.1. The summed E-state index contributed by atoms with van der Waals surface area (Å²) in [5.41, 5.74) is 5.98. The van der Waals surface area contributed by atoms with E-state index in [0.717, 1.165) is 29.5 Å². The lowest BCUT2D eigenvalue weighted by Gasteiger charge is -2.12. The predicted molar refractivity (Wildman–Crippen MR) is 114 cm³/mol. The fraction of sp³-hybridized carbons (Fsp3) is 0.192. The normalized spacial score (nSPS) is 11.8. The molecule has 1 atom stereocenters. The van der Waals surface area contributed by atoms with Gasteiger partial charge in [0, 0.05) is 25.0 Å². The molecule has 0 bridgehead atoms. The fourth-order valence-corrected chi connectivity index (χ4v) is 3.30. The van der Waals surface area contributed by atoms with Gasteiger partial charge in [0.25, 0.3) is 0 Å². The van der Waals surface area contributed by atoms with E-state index in [1.807, 2.05) is 54.6 Å². The van der Waals surface area contributed by atoms with Crippen molar-refractivity contribution in [1.82, 2.24) is 0 Å². The molecule has 1 unspecified atom stereocenters. The maximum Gasteiger partial charge on any atom is 0.131 e. The molecule has 0 aliphatic heterocycles. The van der Waals surface area contributed by atoms with Gasteiger partial charge in [0.1, 0.15) is 5.82 Å². The summed E-state index contributed by atoms with van der Waals surface area (Å²) < 4.78 is 14.8. The first-order chi connectivity index (χ1) is 13.1. The van der Waals surface area contributed by atoms with Crippen LogP contribution in [0.1, 0.15) is 36.8 Å². The van der Waals surface area contributed by atoms with Crippen molar-refractivity contribution in [2.45, 2.75) is 32.6 Å². The van der Waals surface area contributed by atoms with Crippen LogP contribution in [0.5, 0.6) is 0 Å². The van der Waals surface area contributed by atoms with Gasteiger partial charge < -0.3 is 0 Å². The van der Waals surface area contributed by atoms with Crippen LogP contribution < -0.4 is 0 Å². The molecule has 0 amide bonds. The lowest BCUT2D eigenvalue weighted by atomic mass is 9.93. The Morgan fingerprint density at radius 2 is 1.56 bits per heavy atom. The average Bonchev–Trinajstić information content (AvgIpc) is 2.69. The third kappa shape index (κ3) is 4.68. The van der Waals surface area contributed by atoms with Crippen LogP contribution in [0.3, 0.4) is 0 Å². The summed E-state index contributed by atoms with van der Waals surface area (Å²) in [6.07, 6.45) is 6.06. The van der Waals surface area contributed by atoms with Gasteiger partial charge in [-0.15, -0.1) is 0 Å². The molecule has 0 aliphatic rings. The zero-order valence-electron chi connectivity index (χ0n) is 16.1. The second-order valence-corrected chi connectivity index (χ2v) is 7.13. The van der Waals surface area contributed by atoms with Crippen LogP contribution in [0, 0.1) is 19.2 Å². The summed E-state index contributed by atoms with van der Waals surface area (Å²) in [7, 11) is 0. The molecule has 0 aliphatic carbocycles. The first-order valence-corrected chi connectivity index (χ1v) is 9.49. The monoisotopic (exact) mass is 357 g/mol. The standard InChI is InChI=1S/C26H26F/c1-4-5-6-7-20(3)21-12-14-23(15-13-21)25-17-16-24(18-26(25)27)22-10-8-19(2)9-11-22/h4-5,8-18,20H,1,6-7H2,2-3H3/q+1. The minimum atomic E-state index is -0.186. The Balaban J connectivity index is 1.78. The molecular weight excluding hydrogens is 331 g/mol. The molecule has 3 aromatic rings. The smallest absolute Gasteiger partial charge is 0.131 e. The number of hydrogen-bond acceptors (Lipinski definition) is 0. The molecule has 3 aromatic carbocycles. The second kappa shape index (κ2) is 8.73. The fourth-order valence-electron chi connectivity index (χ4n) is 3.30. The van der Waals surface area contributed by atoms with E-state index in [4.69, 9.17) is 0 Å². The van der Waals surface area contributed by atoms with Crippen molar-refractivity contribution in [1.29, 1.82) is 0 Å². The lowest BCUT2D eigenvalue weighted by Crippen LogP contribution is -1.94. The summed E-state index contributed by atoms with van der Waals surface area (Å²) >= 11 is 0. The molecule has 0 nitrogen and oxygen atoms in total. The van der Waals surface area contributed by atoms with Gasteiger partial charge in [-0.2, -0.15) is 0 Å². The van der Waals surface area contributed by atoms with Crippen molar-refractivity contribution in [2.24, 2.45) is 0 Å². The van der Waals surface area contributed by atoms with E-state index in [9.17, 15) is 4.39 Å². The van der Waals surface area contributed by atoms with E-state index in [1.54, 1.807) is 6.07 Å². The summed E-state index contributed by atoms with van der Waals surface area (Å²) in [6.45, 7) is 8.00. The van der Waals surface area contributed by atoms with Gasteiger partial charge in [-0.05, 0) is 47.6 Å². The lowest BCUT2D eigenvalue weighted by molar-refractivity contribution is 0.632. The number of aryl methyl sites for hydroxylation is 1. The van der Waals surface area contributed by atoms with E-state index in [0.29, 0.717) is 11.5 Å². The molecule has 0 radical (unpaired) electrons. The highest BCUT2D eigenvalue weighted by atomic mass is 19.1. The van der Waals surface area contributed by atoms with Gasteiger partial charge in [-0.3, -0.25) is 0 Å². The SMILES string of the molecule is C=C[CH+]CCC(C)c1ccc(-c2ccc(-c3ccc(C)cc3)cc2F)cc1. The van der Waals surface area contributed by atoms with Crippen molar-refractivity contribution < 1.29 is 4.39 Å². The van der Waals surface area contributed by atoms with Crippen molar-refractivity contribution in [3.8, 4) is 22.3 Å². The van der Waals surface area contributed by atoms with Crippen molar-refractivity contribution in [3.63, 3.8) is 0 Å². The highest BCUT2D eigenvalue weighted by Gasteiger charge is 2.10. The van der Waals surface area contributed by atoms with E-state index < -0.39 is 0 Å². The Labute approximate surface area is 162 Å². The van der Waals surface area contributed by atoms with Crippen LogP contribution in [0.15, 0.2) is 79.4 Å². The van der Waals surface area contributed by atoms with E-state index in [2.05, 4.69) is 39.0 Å². The maximum absolute atomic E-state index is 14.8. The van der Waals surface area contributed by atoms with Crippen LogP contribution in [0.4, 0.5) is 4.39 Å². The Bertz CT molecular complexity index is 888. The Kier molecular flexibility index (Phi) is 6.13. The number of benzene rings is 3. The van der Waals surface area contributed by atoms with Gasteiger partial charge in [0.15, 0.2) is 0 Å².